The zero-order chi connectivity index (χ0) is 18.2. The van der Waals surface area contributed by atoms with Crippen molar-refractivity contribution in [3.8, 4) is 5.75 Å². The fraction of sp³-hybridized carbons (Fsp3) is 0.174. The average Bonchev–Trinajstić information content (AvgIpc) is 2.69. The minimum atomic E-state index is -0.0211. The molecule has 0 bridgehead atoms. The molecular weight excluding hydrogens is 322 g/mol. The number of amides is 1. The molecule has 3 aromatic carbocycles. The Morgan fingerprint density at radius 2 is 1.46 bits per heavy atom. The highest BCUT2D eigenvalue weighted by Gasteiger charge is 2.05. The van der Waals surface area contributed by atoms with Crippen molar-refractivity contribution in [1.29, 1.82) is 0 Å². The number of carbonyl (C=O) groups is 1. The topological polar surface area (TPSA) is 38.3 Å². The van der Waals surface area contributed by atoms with Crippen LogP contribution in [0.1, 0.15) is 23.6 Å². The third kappa shape index (κ3) is 5.21. The molecule has 3 aromatic rings. The lowest BCUT2D eigenvalue weighted by Crippen LogP contribution is -2.14. The van der Waals surface area contributed by atoms with E-state index in [1.165, 1.54) is 5.56 Å². The summed E-state index contributed by atoms with van der Waals surface area (Å²) >= 11 is 0. The van der Waals surface area contributed by atoms with Gasteiger partial charge in [0.2, 0.25) is 5.91 Å². The van der Waals surface area contributed by atoms with Crippen molar-refractivity contribution in [2.45, 2.75) is 26.4 Å². The zero-order valence-corrected chi connectivity index (χ0v) is 14.9. The number of carbonyl (C=O) groups excluding carboxylic acids is 1. The van der Waals surface area contributed by atoms with E-state index in [0.29, 0.717) is 13.0 Å². The Morgan fingerprint density at radius 1 is 0.808 bits per heavy atom. The summed E-state index contributed by atoms with van der Waals surface area (Å²) in [5, 5.41) is 2.93. The second-order valence-electron chi connectivity index (χ2n) is 6.19. The van der Waals surface area contributed by atoms with Crippen LogP contribution in [0.2, 0.25) is 0 Å². The summed E-state index contributed by atoms with van der Waals surface area (Å²) in [4.78, 5) is 12.2. The standard InChI is InChI=1S/C23H23NO2/c1-2-18-8-10-19(11-9-18)16-23(25)24-21-12-14-22(15-13-21)26-17-20-6-4-3-5-7-20/h3-15H,2,16-17H2,1H3,(H,24,25). The lowest BCUT2D eigenvalue weighted by atomic mass is 10.1. The summed E-state index contributed by atoms with van der Waals surface area (Å²) in [6.07, 6.45) is 1.38. The molecule has 0 spiro atoms. The van der Waals surface area contributed by atoms with Crippen LogP contribution >= 0.6 is 0 Å². The smallest absolute Gasteiger partial charge is 0.228 e. The highest BCUT2D eigenvalue weighted by atomic mass is 16.5. The molecule has 1 N–H and O–H groups in total. The highest BCUT2D eigenvalue weighted by molar-refractivity contribution is 5.92. The molecule has 3 heteroatoms. The van der Waals surface area contributed by atoms with Crippen LogP contribution in [0.25, 0.3) is 0 Å². The van der Waals surface area contributed by atoms with E-state index >= 15 is 0 Å². The molecular formula is C23H23NO2. The van der Waals surface area contributed by atoms with Gasteiger partial charge in [-0.2, -0.15) is 0 Å². The Labute approximate surface area is 154 Å². The van der Waals surface area contributed by atoms with Gasteiger partial charge in [0.1, 0.15) is 12.4 Å². The molecule has 0 saturated carbocycles. The lowest BCUT2D eigenvalue weighted by Gasteiger charge is -2.09. The number of ether oxygens (including phenoxy) is 1. The molecule has 0 aromatic heterocycles. The van der Waals surface area contributed by atoms with Gasteiger partial charge in [0.15, 0.2) is 0 Å². The molecule has 26 heavy (non-hydrogen) atoms. The van der Waals surface area contributed by atoms with Gasteiger partial charge >= 0.3 is 0 Å². The van der Waals surface area contributed by atoms with Crippen LogP contribution in [0.5, 0.6) is 5.75 Å². The maximum absolute atomic E-state index is 12.2. The van der Waals surface area contributed by atoms with Crippen LogP contribution in [0, 0.1) is 0 Å². The summed E-state index contributed by atoms with van der Waals surface area (Å²) in [5.74, 6) is 0.759. The molecule has 3 nitrogen and oxygen atoms in total. The molecule has 0 unspecified atom stereocenters. The van der Waals surface area contributed by atoms with Crippen LogP contribution in [-0.4, -0.2) is 5.91 Å². The number of benzene rings is 3. The highest BCUT2D eigenvalue weighted by Crippen LogP contribution is 2.17. The number of rotatable bonds is 7. The normalized spacial score (nSPS) is 10.3. The molecule has 0 radical (unpaired) electrons. The fourth-order valence-corrected chi connectivity index (χ4v) is 2.66. The Hall–Kier alpha value is -3.07. The first-order valence-electron chi connectivity index (χ1n) is 8.87. The van der Waals surface area contributed by atoms with Crippen molar-refractivity contribution in [2.75, 3.05) is 5.32 Å². The molecule has 0 heterocycles. The van der Waals surface area contributed by atoms with Crippen molar-refractivity contribution >= 4 is 11.6 Å². The van der Waals surface area contributed by atoms with Gasteiger partial charge < -0.3 is 10.1 Å². The first-order chi connectivity index (χ1) is 12.7. The fourth-order valence-electron chi connectivity index (χ4n) is 2.66. The van der Waals surface area contributed by atoms with Gasteiger partial charge in [-0.3, -0.25) is 4.79 Å². The summed E-state index contributed by atoms with van der Waals surface area (Å²) in [6, 6.07) is 25.7. The third-order valence-corrected chi connectivity index (χ3v) is 4.18. The van der Waals surface area contributed by atoms with E-state index < -0.39 is 0 Å². The number of aryl methyl sites for hydroxylation is 1. The summed E-state index contributed by atoms with van der Waals surface area (Å²) < 4.78 is 5.76. The van der Waals surface area contributed by atoms with Gasteiger partial charge in [-0.05, 0) is 47.4 Å². The monoisotopic (exact) mass is 345 g/mol. The average molecular weight is 345 g/mol. The Kier molecular flexibility index (Phi) is 6.05. The van der Waals surface area contributed by atoms with Crippen molar-refractivity contribution in [3.05, 3.63) is 95.6 Å². The van der Waals surface area contributed by atoms with Crippen LogP contribution in [0.15, 0.2) is 78.9 Å². The number of hydrogen-bond acceptors (Lipinski definition) is 2. The van der Waals surface area contributed by atoms with Gasteiger partial charge in [-0.1, -0.05) is 61.5 Å². The molecule has 0 aliphatic heterocycles. The lowest BCUT2D eigenvalue weighted by molar-refractivity contribution is -0.115. The van der Waals surface area contributed by atoms with Gasteiger partial charge in [0.05, 0.1) is 6.42 Å². The van der Waals surface area contributed by atoms with E-state index in [1.807, 2.05) is 66.7 Å². The largest absolute Gasteiger partial charge is 0.489 e. The summed E-state index contributed by atoms with van der Waals surface area (Å²) in [7, 11) is 0. The van der Waals surface area contributed by atoms with Gasteiger partial charge in [-0.15, -0.1) is 0 Å². The number of nitrogens with one attached hydrogen (secondary N) is 1. The van der Waals surface area contributed by atoms with E-state index in [0.717, 1.165) is 29.0 Å². The Balaban J connectivity index is 1.50. The van der Waals surface area contributed by atoms with Gasteiger partial charge in [0.25, 0.3) is 0 Å². The SMILES string of the molecule is CCc1ccc(CC(=O)Nc2ccc(OCc3ccccc3)cc2)cc1. The minimum Gasteiger partial charge on any atom is -0.489 e. The van der Waals surface area contributed by atoms with E-state index in [9.17, 15) is 4.79 Å². The van der Waals surface area contributed by atoms with E-state index in [2.05, 4.69) is 24.4 Å². The molecule has 0 fully saturated rings. The molecule has 0 saturated heterocycles. The quantitative estimate of drug-likeness (QED) is 0.654. The van der Waals surface area contributed by atoms with Crippen molar-refractivity contribution in [3.63, 3.8) is 0 Å². The first kappa shape index (κ1) is 17.7. The molecule has 1 amide bonds. The van der Waals surface area contributed by atoms with E-state index in [4.69, 9.17) is 4.74 Å². The second kappa shape index (κ2) is 8.86. The predicted octanol–water partition coefficient (Wildman–Crippen LogP) is 5.01. The van der Waals surface area contributed by atoms with E-state index in [-0.39, 0.29) is 5.91 Å². The maximum Gasteiger partial charge on any atom is 0.228 e. The third-order valence-electron chi connectivity index (χ3n) is 4.18. The number of anilines is 1. The van der Waals surface area contributed by atoms with Gasteiger partial charge in [0, 0.05) is 5.69 Å². The van der Waals surface area contributed by atoms with Crippen LogP contribution < -0.4 is 10.1 Å². The summed E-state index contributed by atoms with van der Waals surface area (Å²) in [5.41, 5.74) is 4.19. The van der Waals surface area contributed by atoms with Crippen LogP contribution in [0.3, 0.4) is 0 Å². The number of hydrogen-bond donors (Lipinski definition) is 1. The second-order valence-corrected chi connectivity index (χ2v) is 6.19. The zero-order valence-electron chi connectivity index (χ0n) is 14.9. The molecule has 132 valence electrons. The molecule has 0 aliphatic carbocycles. The van der Waals surface area contributed by atoms with Gasteiger partial charge in [-0.25, -0.2) is 0 Å². The van der Waals surface area contributed by atoms with Crippen molar-refractivity contribution < 1.29 is 9.53 Å². The summed E-state index contributed by atoms with van der Waals surface area (Å²) in [6.45, 7) is 2.65. The van der Waals surface area contributed by atoms with Crippen molar-refractivity contribution in [2.24, 2.45) is 0 Å². The molecule has 0 aliphatic rings. The van der Waals surface area contributed by atoms with Crippen molar-refractivity contribution in [1.82, 2.24) is 0 Å². The molecule has 3 rings (SSSR count). The molecule has 0 atom stereocenters. The van der Waals surface area contributed by atoms with E-state index in [1.54, 1.807) is 0 Å². The predicted molar refractivity (Wildman–Crippen MR) is 105 cm³/mol. The van der Waals surface area contributed by atoms with Crippen LogP contribution in [0.4, 0.5) is 5.69 Å². The first-order valence-corrected chi connectivity index (χ1v) is 8.87. The minimum absolute atomic E-state index is 0.0211. The maximum atomic E-state index is 12.2. The Morgan fingerprint density at radius 3 is 2.12 bits per heavy atom. The Bertz CT molecular complexity index is 824. The van der Waals surface area contributed by atoms with Crippen LogP contribution in [-0.2, 0) is 24.2 Å².